The molecule has 0 fully saturated rings. The summed E-state index contributed by atoms with van der Waals surface area (Å²) >= 11 is 0. The zero-order valence-corrected chi connectivity index (χ0v) is 10.8. The van der Waals surface area contributed by atoms with Gasteiger partial charge in [-0.15, -0.1) is 0 Å². The van der Waals surface area contributed by atoms with Gasteiger partial charge in [-0.1, -0.05) is 0 Å². The summed E-state index contributed by atoms with van der Waals surface area (Å²) in [5, 5.41) is 33.0. The van der Waals surface area contributed by atoms with Crippen molar-refractivity contribution in [1.82, 2.24) is 4.98 Å². The summed E-state index contributed by atoms with van der Waals surface area (Å²) in [4.78, 5) is 34.4. The Hall–Kier alpha value is -3.56. The van der Waals surface area contributed by atoms with Gasteiger partial charge in [-0.05, 0) is 24.3 Å². The number of rotatable bonds is 5. The molecule has 1 aromatic heterocycles. The van der Waals surface area contributed by atoms with E-state index in [2.05, 4.69) is 10.3 Å². The molecule has 0 amide bonds. The third kappa shape index (κ3) is 3.12. The molecule has 0 bridgehead atoms. The molecule has 0 aliphatic rings. The van der Waals surface area contributed by atoms with Crippen LogP contribution in [-0.2, 0) is 0 Å². The second kappa shape index (κ2) is 5.83. The Balaban J connectivity index is 2.34. The van der Waals surface area contributed by atoms with E-state index in [1.54, 1.807) is 0 Å². The number of aromatic nitrogens is 1. The van der Waals surface area contributed by atoms with E-state index in [-0.39, 0.29) is 11.4 Å². The summed E-state index contributed by atoms with van der Waals surface area (Å²) < 4.78 is 0. The number of carbonyl (C=O) groups is 1. The second-order valence-corrected chi connectivity index (χ2v) is 4.08. The van der Waals surface area contributed by atoms with Crippen LogP contribution in [0.3, 0.4) is 0 Å². The molecule has 0 saturated heterocycles. The number of nitrogens with one attached hydrogen (secondary N) is 1. The Kier molecular flexibility index (Phi) is 3.93. The molecule has 0 unspecified atom stereocenters. The number of carboxylic acids is 1. The predicted octanol–water partition coefficient (Wildman–Crippen LogP) is 2.34. The minimum absolute atomic E-state index is 0.0525. The van der Waals surface area contributed by atoms with Crippen LogP contribution < -0.4 is 5.32 Å². The lowest BCUT2D eigenvalue weighted by Gasteiger charge is -2.06. The molecule has 2 N–H and O–H groups in total. The maximum atomic E-state index is 11.0. The number of anilines is 2. The first-order valence-electron chi connectivity index (χ1n) is 5.77. The second-order valence-electron chi connectivity index (χ2n) is 4.08. The van der Waals surface area contributed by atoms with E-state index in [9.17, 15) is 25.0 Å². The summed E-state index contributed by atoms with van der Waals surface area (Å²) in [7, 11) is 0. The summed E-state index contributed by atoms with van der Waals surface area (Å²) in [6.45, 7) is 0. The van der Waals surface area contributed by atoms with Crippen LogP contribution in [0.5, 0.6) is 0 Å². The third-order valence-corrected chi connectivity index (χ3v) is 2.66. The van der Waals surface area contributed by atoms with E-state index in [0.29, 0.717) is 5.69 Å². The maximum absolute atomic E-state index is 11.0. The van der Waals surface area contributed by atoms with Crippen LogP contribution in [-0.4, -0.2) is 25.9 Å². The van der Waals surface area contributed by atoms with Gasteiger partial charge >= 0.3 is 11.7 Å². The van der Waals surface area contributed by atoms with Crippen molar-refractivity contribution >= 4 is 28.8 Å². The molecule has 22 heavy (non-hydrogen) atoms. The smallest absolute Gasteiger partial charge is 0.335 e. The van der Waals surface area contributed by atoms with Gasteiger partial charge in [0, 0.05) is 5.69 Å². The van der Waals surface area contributed by atoms with Gasteiger partial charge in [0.1, 0.15) is 6.20 Å². The molecule has 2 rings (SSSR count). The Labute approximate surface area is 122 Å². The normalized spacial score (nSPS) is 10.0. The summed E-state index contributed by atoms with van der Waals surface area (Å²) in [6, 6.07) is 6.21. The van der Waals surface area contributed by atoms with E-state index < -0.39 is 27.2 Å². The molecule has 0 aliphatic heterocycles. The Morgan fingerprint density at radius 2 is 1.77 bits per heavy atom. The molecule has 112 valence electrons. The van der Waals surface area contributed by atoms with Gasteiger partial charge in [-0.25, -0.2) is 9.78 Å². The molecule has 0 aliphatic carbocycles. The van der Waals surface area contributed by atoms with E-state index in [0.717, 1.165) is 12.3 Å². The largest absolute Gasteiger partial charge is 0.478 e. The quantitative estimate of drug-likeness (QED) is 0.631. The van der Waals surface area contributed by atoms with Crippen LogP contribution in [0.15, 0.2) is 36.5 Å². The molecule has 0 saturated carbocycles. The van der Waals surface area contributed by atoms with E-state index in [1.807, 2.05) is 0 Å². The molecule has 0 spiro atoms. The van der Waals surface area contributed by atoms with Gasteiger partial charge in [0.15, 0.2) is 0 Å². The van der Waals surface area contributed by atoms with E-state index in [4.69, 9.17) is 5.11 Å². The van der Waals surface area contributed by atoms with Gasteiger partial charge < -0.3 is 10.4 Å². The zero-order chi connectivity index (χ0) is 16.3. The van der Waals surface area contributed by atoms with Crippen LogP contribution in [0.1, 0.15) is 10.4 Å². The highest BCUT2D eigenvalue weighted by atomic mass is 16.6. The van der Waals surface area contributed by atoms with Gasteiger partial charge in [0.05, 0.1) is 21.5 Å². The van der Waals surface area contributed by atoms with Gasteiger partial charge in [-0.2, -0.15) is 0 Å². The van der Waals surface area contributed by atoms with E-state index in [1.165, 1.54) is 24.3 Å². The topological polar surface area (TPSA) is 149 Å². The SMILES string of the molecule is O=C(O)c1ccc(Nc2ncc([N+](=O)[O-])cc2[N+](=O)[O-])cc1. The summed E-state index contributed by atoms with van der Waals surface area (Å²) in [6.07, 6.45) is 0.890. The molecule has 1 aromatic carbocycles. The van der Waals surface area contributed by atoms with Crippen molar-refractivity contribution in [3.8, 4) is 0 Å². The fourth-order valence-corrected chi connectivity index (χ4v) is 1.61. The number of carboxylic acid groups (broad SMARTS) is 1. The van der Waals surface area contributed by atoms with E-state index >= 15 is 0 Å². The summed E-state index contributed by atoms with van der Waals surface area (Å²) in [5.41, 5.74) is -0.652. The lowest BCUT2D eigenvalue weighted by Crippen LogP contribution is -2.02. The van der Waals surface area contributed by atoms with Crippen molar-refractivity contribution < 1.29 is 19.7 Å². The standard InChI is InChI=1S/C12H8N4O6/c17-12(18)7-1-3-8(4-2-7)14-11-10(16(21)22)5-9(6-13-11)15(19)20/h1-6H,(H,13,14)(H,17,18). The first-order chi connectivity index (χ1) is 10.4. The summed E-state index contributed by atoms with van der Waals surface area (Å²) in [5.74, 6) is -1.29. The van der Waals surface area contributed by atoms with Crippen LogP contribution in [0.2, 0.25) is 0 Å². The molecule has 0 atom stereocenters. The van der Waals surface area contributed by atoms with Gasteiger partial charge in [0.25, 0.3) is 5.69 Å². The average molecular weight is 304 g/mol. The van der Waals surface area contributed by atoms with Crippen LogP contribution >= 0.6 is 0 Å². The first-order valence-corrected chi connectivity index (χ1v) is 5.77. The van der Waals surface area contributed by atoms with Crippen molar-refractivity contribution in [2.75, 3.05) is 5.32 Å². The first kappa shape index (κ1) is 14.8. The highest BCUT2D eigenvalue weighted by Crippen LogP contribution is 2.28. The average Bonchev–Trinajstić information content (AvgIpc) is 2.47. The maximum Gasteiger partial charge on any atom is 0.335 e. The number of nitro groups is 2. The number of hydrogen-bond donors (Lipinski definition) is 2. The van der Waals surface area contributed by atoms with Crippen molar-refractivity contribution in [2.24, 2.45) is 0 Å². The Morgan fingerprint density at radius 1 is 1.14 bits per heavy atom. The third-order valence-electron chi connectivity index (χ3n) is 2.66. The fourth-order valence-electron chi connectivity index (χ4n) is 1.61. The van der Waals surface area contributed by atoms with Crippen molar-refractivity contribution in [3.63, 3.8) is 0 Å². The molecule has 10 heteroatoms. The van der Waals surface area contributed by atoms with Crippen LogP contribution in [0.25, 0.3) is 0 Å². The lowest BCUT2D eigenvalue weighted by atomic mass is 10.2. The number of benzene rings is 1. The van der Waals surface area contributed by atoms with Crippen molar-refractivity contribution in [3.05, 3.63) is 62.3 Å². The van der Waals surface area contributed by atoms with Crippen LogP contribution in [0.4, 0.5) is 22.9 Å². The minimum atomic E-state index is -1.11. The van der Waals surface area contributed by atoms with Crippen molar-refractivity contribution in [2.45, 2.75) is 0 Å². The monoisotopic (exact) mass is 304 g/mol. The zero-order valence-electron chi connectivity index (χ0n) is 10.8. The van der Waals surface area contributed by atoms with Gasteiger partial charge in [-0.3, -0.25) is 20.2 Å². The number of aromatic carboxylic acids is 1. The molecule has 1 heterocycles. The van der Waals surface area contributed by atoms with Crippen molar-refractivity contribution in [1.29, 1.82) is 0 Å². The highest BCUT2D eigenvalue weighted by Gasteiger charge is 2.21. The lowest BCUT2D eigenvalue weighted by molar-refractivity contribution is -0.394. The number of pyridine rings is 1. The Morgan fingerprint density at radius 3 is 2.27 bits per heavy atom. The number of nitrogens with zero attached hydrogens (tertiary/aromatic N) is 3. The molecule has 0 radical (unpaired) electrons. The molecule has 2 aromatic rings. The highest BCUT2D eigenvalue weighted by molar-refractivity contribution is 5.88. The molecular formula is C12H8N4O6. The van der Waals surface area contributed by atoms with Crippen LogP contribution in [0, 0.1) is 20.2 Å². The molecule has 10 nitrogen and oxygen atoms in total. The predicted molar refractivity (Wildman–Crippen MR) is 74.2 cm³/mol. The van der Waals surface area contributed by atoms with Gasteiger partial charge in [0.2, 0.25) is 5.82 Å². The minimum Gasteiger partial charge on any atom is -0.478 e. The molecular weight excluding hydrogens is 296 g/mol. The number of hydrogen-bond acceptors (Lipinski definition) is 7. The Bertz CT molecular complexity index is 759. The fraction of sp³-hybridized carbons (Fsp3) is 0.